The van der Waals surface area contributed by atoms with Crippen LogP contribution in [0.4, 0.5) is 0 Å². The molecule has 3 fully saturated rings. The Labute approximate surface area is 440 Å². The van der Waals surface area contributed by atoms with Crippen LogP contribution in [0, 0.1) is 17.3 Å². The summed E-state index contributed by atoms with van der Waals surface area (Å²) in [4.78, 5) is 20.1. The van der Waals surface area contributed by atoms with Crippen LogP contribution >= 0.6 is 15.6 Å². The molecule has 0 aromatic rings. The first-order valence-electron chi connectivity index (χ1n) is 29.6. The third-order valence-corrected chi connectivity index (χ3v) is 17.5. The van der Waals surface area contributed by atoms with Crippen LogP contribution in [-0.4, -0.2) is 67.3 Å². The number of hydrogen-bond donors (Lipinski definition) is 4. The third kappa shape index (κ3) is 30.1. The van der Waals surface area contributed by atoms with Crippen LogP contribution < -0.4 is 11.5 Å². The van der Waals surface area contributed by atoms with Gasteiger partial charge in [-0.25, -0.2) is 9.13 Å². The maximum absolute atomic E-state index is 12.3. The van der Waals surface area contributed by atoms with Crippen molar-refractivity contribution < 1.29 is 46.5 Å². The normalized spacial score (nSPS) is 22.8. The van der Waals surface area contributed by atoms with Gasteiger partial charge in [0.15, 0.2) is 5.79 Å². The molecule has 3 aliphatic rings. The number of ether oxygens (including phenoxy) is 2. The number of unbranched alkanes of at least 4 members (excludes halogenated alkanes) is 18. The Morgan fingerprint density at radius 3 is 1.19 bits per heavy atom. The highest BCUT2D eigenvalue weighted by Gasteiger charge is 2.54. The lowest BCUT2D eigenvalue weighted by molar-refractivity contribution is -0.208. The molecule has 0 bridgehead atoms. The van der Waals surface area contributed by atoms with Crippen molar-refractivity contribution >= 4 is 15.6 Å². The van der Waals surface area contributed by atoms with E-state index in [1.54, 1.807) is 0 Å². The lowest BCUT2D eigenvalue weighted by Gasteiger charge is -2.44. The molecular formula is C58H108N2O10P2. The van der Waals surface area contributed by atoms with Gasteiger partial charge in [-0.1, -0.05) is 152 Å². The highest BCUT2D eigenvalue weighted by Crippen LogP contribution is 2.55. The summed E-state index contributed by atoms with van der Waals surface area (Å²) in [6.45, 7) is 4.88. The Morgan fingerprint density at radius 2 is 0.819 bits per heavy atom. The molecular weight excluding hydrogens is 947 g/mol. The number of rotatable bonds is 46. The summed E-state index contributed by atoms with van der Waals surface area (Å²) < 4.78 is 59.0. The average Bonchev–Trinajstić information content (AvgIpc) is 3.72. The van der Waals surface area contributed by atoms with Crippen LogP contribution in [-0.2, 0) is 36.7 Å². The van der Waals surface area contributed by atoms with Gasteiger partial charge in [0, 0.05) is 25.9 Å². The number of nitrogens with two attached hydrogens (primary N) is 2. The lowest BCUT2D eigenvalue weighted by Crippen LogP contribution is -2.40. The highest BCUT2D eigenvalue weighted by atomic mass is 31.2. The summed E-state index contributed by atoms with van der Waals surface area (Å²) in [5, 5.41) is 0. The van der Waals surface area contributed by atoms with Crippen molar-refractivity contribution in [2.24, 2.45) is 28.7 Å². The Hall–Kier alpha value is -0.980. The number of hydrogen-bond acceptors (Lipinski definition) is 10. The molecule has 0 aromatic heterocycles. The molecule has 2 saturated carbocycles. The van der Waals surface area contributed by atoms with E-state index >= 15 is 0 Å². The maximum Gasteiger partial charge on any atom is 0.472 e. The summed E-state index contributed by atoms with van der Waals surface area (Å²) in [7, 11) is -8.31. The van der Waals surface area contributed by atoms with Crippen molar-refractivity contribution in [2.45, 2.75) is 263 Å². The van der Waals surface area contributed by atoms with Gasteiger partial charge in [-0.3, -0.25) is 18.1 Å². The molecule has 1 heterocycles. The third-order valence-electron chi connectivity index (χ3n) is 15.5. The number of allylic oxidation sites excluding steroid dienone is 8. The van der Waals surface area contributed by atoms with Gasteiger partial charge < -0.3 is 30.7 Å². The molecule has 1 aliphatic heterocycles. The predicted octanol–water partition coefficient (Wildman–Crippen LogP) is 16.2. The highest BCUT2D eigenvalue weighted by molar-refractivity contribution is 7.47. The lowest BCUT2D eigenvalue weighted by atomic mass is 9.66. The van der Waals surface area contributed by atoms with E-state index in [0.29, 0.717) is 18.3 Å². The van der Waals surface area contributed by atoms with Crippen LogP contribution in [0.1, 0.15) is 245 Å². The first-order valence-corrected chi connectivity index (χ1v) is 32.6. The van der Waals surface area contributed by atoms with E-state index in [0.717, 1.165) is 64.2 Å². The van der Waals surface area contributed by atoms with E-state index in [9.17, 15) is 18.9 Å². The average molecular weight is 1060 g/mol. The summed E-state index contributed by atoms with van der Waals surface area (Å²) in [5.41, 5.74) is 11.2. The fraction of sp³-hybridized carbons (Fsp3) is 0.862. The molecule has 0 amide bonds. The second kappa shape index (κ2) is 40.3. The molecule has 2 unspecified atom stereocenters. The van der Waals surface area contributed by atoms with Gasteiger partial charge >= 0.3 is 15.6 Å². The number of phosphoric ester groups is 2. The smallest absolute Gasteiger partial charge is 0.344 e. The number of fused-ring (bicyclic) bond motifs is 1. The van der Waals surface area contributed by atoms with Crippen LogP contribution in [0.2, 0.25) is 0 Å². The summed E-state index contributed by atoms with van der Waals surface area (Å²) in [5.74, 6) is -0.0145. The first-order chi connectivity index (χ1) is 35.0. The molecule has 12 nitrogen and oxygen atoms in total. The minimum Gasteiger partial charge on any atom is -0.344 e. The standard InChI is InChI=1S/C58H108N2O10P2/c1-3-5-7-9-11-13-15-17-19-21-23-25-27-29-31-33-39-57(40-34-32-30-28-26-24-22-20-18-16-14-12-10-8-6-4-2)41-43-58(44-42-57)69-55-51-53(37-35-47-65-71(61,62)67-49-45-59)54(52-56(55)70-58)38-36-48-66-72(63,64)68-50-46-60/h11-14,17-20,53-56H,3-10,15-16,21-52,59-60H2,1-2H3,(H,61,62)(H,63,64)/b13-11-,14-12-,19-17-,20-18-/t53-,54+,55-,56-/m0/s1. The van der Waals surface area contributed by atoms with Crippen molar-refractivity contribution in [2.75, 3.05) is 39.5 Å². The van der Waals surface area contributed by atoms with Crippen molar-refractivity contribution in [3.63, 3.8) is 0 Å². The predicted molar refractivity (Wildman–Crippen MR) is 298 cm³/mol. The van der Waals surface area contributed by atoms with Crippen molar-refractivity contribution in [3.05, 3.63) is 48.6 Å². The van der Waals surface area contributed by atoms with E-state index in [2.05, 4.69) is 62.5 Å². The Kier molecular flexibility index (Phi) is 36.5. The molecule has 0 radical (unpaired) electrons. The van der Waals surface area contributed by atoms with E-state index < -0.39 is 21.4 Å². The minimum atomic E-state index is -4.16. The first kappa shape index (κ1) is 65.3. The fourth-order valence-corrected chi connectivity index (χ4v) is 12.8. The van der Waals surface area contributed by atoms with Gasteiger partial charge in [0.2, 0.25) is 0 Å². The minimum absolute atomic E-state index is 0.00429. The topological polar surface area (TPSA) is 182 Å². The zero-order valence-electron chi connectivity index (χ0n) is 45.8. The second-order valence-corrected chi connectivity index (χ2v) is 24.4. The molecule has 0 aromatic carbocycles. The molecule has 1 spiro atoms. The number of phosphoric acid groups is 2. The fourth-order valence-electron chi connectivity index (χ4n) is 11.3. The zero-order valence-corrected chi connectivity index (χ0v) is 47.6. The van der Waals surface area contributed by atoms with Crippen LogP contribution in [0.3, 0.4) is 0 Å². The SMILES string of the molecule is CCCCC/C=C\C/C=C\CCCCCCCCC1(CCCCCCCC/C=C\C/C=C\CCCCC)CCC2(CC1)O[C@H]1C[C@@H](CCCOP(=O)(O)OCCN)[C@@H](CCCOP(=O)(O)OCCN)C[C@@H]1O2. The van der Waals surface area contributed by atoms with E-state index in [1.807, 2.05) is 0 Å². The second-order valence-electron chi connectivity index (χ2n) is 21.5. The maximum atomic E-state index is 12.3. The van der Waals surface area contributed by atoms with Crippen molar-refractivity contribution in [1.82, 2.24) is 0 Å². The summed E-state index contributed by atoms with van der Waals surface area (Å²) in [6.07, 6.45) is 60.5. The van der Waals surface area contributed by atoms with Gasteiger partial charge in [-0.15, -0.1) is 0 Å². The Balaban J connectivity index is 1.51. The van der Waals surface area contributed by atoms with Gasteiger partial charge in [0.1, 0.15) is 0 Å². The van der Waals surface area contributed by atoms with Crippen molar-refractivity contribution in [1.29, 1.82) is 0 Å². The monoisotopic (exact) mass is 1050 g/mol. The van der Waals surface area contributed by atoms with Crippen LogP contribution in [0.5, 0.6) is 0 Å². The van der Waals surface area contributed by atoms with Gasteiger partial charge in [-0.05, 0) is 146 Å². The molecule has 6 N–H and O–H groups in total. The molecule has 6 atom stereocenters. The quantitative estimate of drug-likeness (QED) is 0.0258. The molecule has 14 heteroatoms. The van der Waals surface area contributed by atoms with E-state index in [-0.39, 0.29) is 63.6 Å². The van der Waals surface area contributed by atoms with Gasteiger partial charge in [0.05, 0.1) is 38.6 Å². The van der Waals surface area contributed by atoms with Gasteiger partial charge in [-0.2, -0.15) is 0 Å². The van der Waals surface area contributed by atoms with E-state index in [4.69, 9.17) is 39.0 Å². The Morgan fingerprint density at radius 1 is 0.472 bits per heavy atom. The Bertz CT molecular complexity index is 1450. The molecule has 72 heavy (non-hydrogen) atoms. The molecule has 420 valence electrons. The van der Waals surface area contributed by atoms with E-state index in [1.165, 1.54) is 154 Å². The van der Waals surface area contributed by atoms with Crippen molar-refractivity contribution in [3.8, 4) is 0 Å². The largest absolute Gasteiger partial charge is 0.472 e. The summed E-state index contributed by atoms with van der Waals surface area (Å²) >= 11 is 0. The summed E-state index contributed by atoms with van der Waals surface area (Å²) in [6, 6.07) is 0. The van der Waals surface area contributed by atoms with Gasteiger partial charge in [0.25, 0.3) is 0 Å². The molecule has 1 saturated heterocycles. The van der Waals surface area contributed by atoms with Crippen LogP contribution in [0.25, 0.3) is 0 Å². The molecule has 3 rings (SSSR count). The van der Waals surface area contributed by atoms with Crippen LogP contribution in [0.15, 0.2) is 48.6 Å². The molecule has 2 aliphatic carbocycles. The zero-order chi connectivity index (χ0) is 51.9.